The summed E-state index contributed by atoms with van der Waals surface area (Å²) in [5, 5.41) is 8.50. The molecule has 1 unspecified atom stereocenters. The molecular weight excluding hydrogens is 388 g/mol. The summed E-state index contributed by atoms with van der Waals surface area (Å²) in [6, 6.07) is 4.05. The summed E-state index contributed by atoms with van der Waals surface area (Å²) in [4.78, 5) is 8.25. The number of nitrogens with one attached hydrogen (secondary N) is 1. The highest BCUT2D eigenvalue weighted by atomic mass is 32.1. The Kier molecular flexibility index (Phi) is 6.44. The lowest BCUT2D eigenvalue weighted by Gasteiger charge is -2.24. The quantitative estimate of drug-likeness (QED) is 0.588. The normalized spacial score (nSPS) is 12.3. The van der Waals surface area contributed by atoms with Gasteiger partial charge in [-0.2, -0.15) is 5.10 Å². The number of ether oxygens (including phenoxy) is 3. The van der Waals surface area contributed by atoms with E-state index in [9.17, 15) is 0 Å². The lowest BCUT2D eigenvalue weighted by molar-refractivity contribution is 0.249. The van der Waals surface area contributed by atoms with Crippen molar-refractivity contribution in [2.45, 2.75) is 33.4 Å². The zero-order valence-corrected chi connectivity index (χ0v) is 18.8. The van der Waals surface area contributed by atoms with Crippen LogP contribution in [-0.2, 0) is 6.54 Å². The number of methoxy groups -OCH3 is 3. The third-order valence-corrected chi connectivity index (χ3v) is 5.99. The molecule has 29 heavy (non-hydrogen) atoms. The molecule has 1 N–H and O–H groups in total. The lowest BCUT2D eigenvalue weighted by atomic mass is 10.1. The fraction of sp³-hybridized carbons (Fsp3) is 0.429. The van der Waals surface area contributed by atoms with Gasteiger partial charge in [0.15, 0.2) is 11.5 Å². The van der Waals surface area contributed by atoms with E-state index >= 15 is 0 Å². The summed E-state index contributed by atoms with van der Waals surface area (Å²) in [7, 11) is 6.93. The summed E-state index contributed by atoms with van der Waals surface area (Å²) in [5.74, 6) is 1.79. The van der Waals surface area contributed by atoms with Gasteiger partial charge in [0.2, 0.25) is 5.75 Å². The predicted molar refractivity (Wildman–Crippen MR) is 115 cm³/mol. The fourth-order valence-corrected chi connectivity index (χ4v) is 4.36. The molecule has 0 aliphatic carbocycles. The molecule has 0 saturated heterocycles. The molecular formula is C21H28N4O3S. The Balaban J connectivity index is 1.90. The van der Waals surface area contributed by atoms with E-state index < -0.39 is 0 Å². The van der Waals surface area contributed by atoms with E-state index in [1.807, 2.05) is 25.3 Å². The van der Waals surface area contributed by atoms with Gasteiger partial charge in [0.1, 0.15) is 0 Å². The molecule has 3 aromatic rings. The number of rotatable bonds is 8. The van der Waals surface area contributed by atoms with Crippen molar-refractivity contribution < 1.29 is 14.2 Å². The summed E-state index contributed by atoms with van der Waals surface area (Å²) in [5.41, 5.74) is 4.06. The number of aromatic nitrogens is 3. The maximum atomic E-state index is 5.49. The van der Waals surface area contributed by atoms with E-state index in [1.54, 1.807) is 32.7 Å². The smallest absolute Gasteiger partial charge is 0.203 e. The SMILES string of the molecule is COc1cc(-c2[nH]ncc2CN(C)C(C)c2nc(C)sc2C)cc(OC)c1OC. The molecule has 7 nitrogen and oxygen atoms in total. The van der Waals surface area contributed by atoms with Crippen molar-refractivity contribution in [2.24, 2.45) is 0 Å². The first-order valence-corrected chi connectivity index (χ1v) is 10.2. The Labute approximate surface area is 175 Å². The molecule has 156 valence electrons. The molecule has 0 aliphatic rings. The van der Waals surface area contributed by atoms with E-state index in [4.69, 9.17) is 19.2 Å². The van der Waals surface area contributed by atoms with Gasteiger partial charge in [0.25, 0.3) is 0 Å². The van der Waals surface area contributed by atoms with Crippen molar-refractivity contribution in [3.63, 3.8) is 0 Å². The minimum atomic E-state index is 0.197. The summed E-state index contributed by atoms with van der Waals surface area (Å²) < 4.78 is 16.4. The van der Waals surface area contributed by atoms with Crippen LogP contribution < -0.4 is 14.2 Å². The number of aryl methyl sites for hydroxylation is 2. The van der Waals surface area contributed by atoms with Crippen LogP contribution in [0.5, 0.6) is 17.2 Å². The Morgan fingerprint density at radius 1 is 1.10 bits per heavy atom. The van der Waals surface area contributed by atoms with Gasteiger partial charge >= 0.3 is 0 Å². The molecule has 8 heteroatoms. The second-order valence-electron chi connectivity index (χ2n) is 6.95. The van der Waals surface area contributed by atoms with Crippen LogP contribution in [0.2, 0.25) is 0 Å². The minimum absolute atomic E-state index is 0.197. The third-order valence-electron chi connectivity index (χ3n) is 5.09. The van der Waals surface area contributed by atoms with Crippen LogP contribution >= 0.6 is 11.3 Å². The molecule has 0 aliphatic heterocycles. The van der Waals surface area contributed by atoms with Gasteiger partial charge in [-0.15, -0.1) is 11.3 Å². The Bertz CT molecular complexity index is 957. The van der Waals surface area contributed by atoms with Gasteiger partial charge in [-0.25, -0.2) is 4.98 Å². The van der Waals surface area contributed by atoms with Crippen LogP contribution in [0.15, 0.2) is 18.3 Å². The van der Waals surface area contributed by atoms with Gasteiger partial charge in [-0.3, -0.25) is 10.00 Å². The topological polar surface area (TPSA) is 72.5 Å². The standard InChI is InChI=1S/C21H28N4O3S/c1-12(19-13(2)29-14(3)23-19)25(4)11-16-10-22-24-20(16)15-8-17(26-5)21(28-7)18(9-15)27-6/h8-10,12H,11H2,1-7H3,(H,22,24). The maximum absolute atomic E-state index is 5.49. The first-order chi connectivity index (χ1) is 13.9. The largest absolute Gasteiger partial charge is 0.493 e. The molecule has 1 atom stereocenters. The van der Waals surface area contributed by atoms with Crippen LogP contribution in [0.25, 0.3) is 11.3 Å². The Hall–Kier alpha value is -2.58. The van der Waals surface area contributed by atoms with Gasteiger partial charge < -0.3 is 14.2 Å². The molecule has 0 amide bonds. The highest BCUT2D eigenvalue weighted by Gasteiger charge is 2.21. The fourth-order valence-electron chi connectivity index (χ4n) is 3.45. The van der Waals surface area contributed by atoms with Crippen LogP contribution in [0, 0.1) is 13.8 Å². The van der Waals surface area contributed by atoms with Crippen LogP contribution in [0.3, 0.4) is 0 Å². The monoisotopic (exact) mass is 416 g/mol. The number of nitrogens with zero attached hydrogens (tertiary/aromatic N) is 3. The number of benzene rings is 1. The van der Waals surface area contributed by atoms with E-state index in [0.717, 1.165) is 34.1 Å². The first kappa shape index (κ1) is 21.1. The first-order valence-electron chi connectivity index (χ1n) is 9.36. The zero-order valence-electron chi connectivity index (χ0n) is 18.0. The van der Waals surface area contributed by atoms with Gasteiger partial charge in [0.05, 0.1) is 50.0 Å². The summed E-state index contributed by atoms with van der Waals surface area (Å²) in [6.07, 6.45) is 1.86. The van der Waals surface area contributed by atoms with Crippen LogP contribution in [-0.4, -0.2) is 48.5 Å². The van der Waals surface area contributed by atoms with Crippen LogP contribution in [0.1, 0.15) is 34.1 Å². The highest BCUT2D eigenvalue weighted by Crippen LogP contribution is 2.41. The van der Waals surface area contributed by atoms with Gasteiger partial charge in [-0.1, -0.05) is 0 Å². The second-order valence-corrected chi connectivity index (χ2v) is 8.36. The summed E-state index contributed by atoms with van der Waals surface area (Å²) >= 11 is 1.74. The van der Waals surface area contributed by atoms with Crippen molar-refractivity contribution >= 4 is 11.3 Å². The van der Waals surface area contributed by atoms with Crippen molar-refractivity contribution in [3.05, 3.63) is 39.5 Å². The molecule has 3 rings (SSSR count). The van der Waals surface area contributed by atoms with Crippen molar-refractivity contribution in [1.29, 1.82) is 0 Å². The maximum Gasteiger partial charge on any atom is 0.203 e. The molecule has 2 aromatic heterocycles. The predicted octanol–water partition coefficient (Wildman–Crippen LogP) is 4.37. The zero-order chi connectivity index (χ0) is 21.1. The third kappa shape index (κ3) is 4.23. The highest BCUT2D eigenvalue weighted by molar-refractivity contribution is 7.11. The molecule has 0 radical (unpaired) electrons. The molecule has 0 spiro atoms. The minimum Gasteiger partial charge on any atom is -0.493 e. The van der Waals surface area contributed by atoms with E-state index in [1.165, 1.54) is 4.88 Å². The molecule has 1 aromatic carbocycles. The van der Waals surface area contributed by atoms with Crippen molar-refractivity contribution in [3.8, 4) is 28.5 Å². The molecule has 0 bridgehead atoms. The number of hydrogen-bond donors (Lipinski definition) is 1. The average molecular weight is 417 g/mol. The van der Waals surface area contributed by atoms with Gasteiger partial charge in [-0.05, 0) is 40.0 Å². The van der Waals surface area contributed by atoms with Gasteiger partial charge in [0, 0.05) is 22.5 Å². The van der Waals surface area contributed by atoms with Crippen molar-refractivity contribution in [1.82, 2.24) is 20.1 Å². The van der Waals surface area contributed by atoms with E-state index in [2.05, 4.69) is 36.0 Å². The van der Waals surface area contributed by atoms with E-state index in [0.29, 0.717) is 17.2 Å². The number of thiazole rings is 1. The molecule has 0 fully saturated rings. The second kappa shape index (κ2) is 8.84. The molecule has 0 saturated carbocycles. The number of aromatic amines is 1. The molecule has 2 heterocycles. The van der Waals surface area contributed by atoms with Crippen LogP contribution in [0.4, 0.5) is 0 Å². The number of H-pyrrole nitrogens is 1. The average Bonchev–Trinajstić information content (AvgIpc) is 3.31. The number of hydrogen-bond acceptors (Lipinski definition) is 7. The Morgan fingerprint density at radius 3 is 2.28 bits per heavy atom. The summed E-state index contributed by atoms with van der Waals surface area (Å²) in [6.45, 7) is 7.08. The van der Waals surface area contributed by atoms with Crippen molar-refractivity contribution in [2.75, 3.05) is 28.4 Å². The van der Waals surface area contributed by atoms with E-state index in [-0.39, 0.29) is 6.04 Å². The Morgan fingerprint density at radius 2 is 1.76 bits per heavy atom. The lowest BCUT2D eigenvalue weighted by Crippen LogP contribution is -2.22.